The number of hydrogen-bond acceptors (Lipinski definition) is 5. The number of allylic oxidation sites excluding steroid dienone is 1. The maximum atomic E-state index is 13.2. The summed E-state index contributed by atoms with van der Waals surface area (Å²) >= 11 is 0. The number of nitrogens with one attached hydrogen (secondary N) is 2. The van der Waals surface area contributed by atoms with Gasteiger partial charge in [-0.1, -0.05) is 25.1 Å². The Balaban J connectivity index is 1.53. The largest absolute Gasteiger partial charge is 0.497 e. The van der Waals surface area contributed by atoms with Crippen LogP contribution in [0.5, 0.6) is 5.75 Å². The quantitative estimate of drug-likeness (QED) is 0.481. The van der Waals surface area contributed by atoms with Crippen LogP contribution in [-0.4, -0.2) is 54.9 Å². The SMILES string of the molecule is CCN1CCCC1CNC(=O)c1cccc(C(=O)C=C2NC(C)(C)Cc3ccc(OC)cc32)c1. The van der Waals surface area contributed by atoms with Crippen molar-refractivity contribution < 1.29 is 14.3 Å². The van der Waals surface area contributed by atoms with E-state index in [1.165, 1.54) is 12.0 Å². The Kier molecular flexibility index (Phi) is 7.08. The van der Waals surface area contributed by atoms with Crippen molar-refractivity contribution in [3.05, 3.63) is 70.8 Å². The van der Waals surface area contributed by atoms with Crippen LogP contribution in [0.2, 0.25) is 0 Å². The summed E-state index contributed by atoms with van der Waals surface area (Å²) in [6.07, 6.45) is 4.76. The van der Waals surface area contributed by atoms with E-state index in [0.29, 0.717) is 23.7 Å². The molecule has 180 valence electrons. The number of benzene rings is 2. The molecule has 1 unspecified atom stereocenters. The highest BCUT2D eigenvalue weighted by atomic mass is 16.5. The third-order valence-electron chi connectivity index (χ3n) is 6.80. The predicted octanol–water partition coefficient (Wildman–Crippen LogP) is 4.06. The van der Waals surface area contributed by atoms with E-state index in [4.69, 9.17) is 4.74 Å². The highest BCUT2D eigenvalue weighted by Crippen LogP contribution is 2.32. The smallest absolute Gasteiger partial charge is 0.251 e. The first-order valence-electron chi connectivity index (χ1n) is 12.1. The number of carbonyl (C=O) groups is 2. The van der Waals surface area contributed by atoms with E-state index in [-0.39, 0.29) is 17.2 Å². The van der Waals surface area contributed by atoms with Crippen LogP contribution in [0.1, 0.15) is 65.5 Å². The molecule has 2 N–H and O–H groups in total. The molecular formula is C28H35N3O3. The summed E-state index contributed by atoms with van der Waals surface area (Å²) in [6, 6.07) is 13.3. The number of hydrogen-bond donors (Lipinski definition) is 2. The first-order valence-corrected chi connectivity index (χ1v) is 12.1. The molecule has 0 aromatic heterocycles. The summed E-state index contributed by atoms with van der Waals surface area (Å²) in [4.78, 5) is 28.4. The van der Waals surface area contributed by atoms with Crippen molar-refractivity contribution in [3.8, 4) is 5.75 Å². The zero-order valence-electron chi connectivity index (χ0n) is 20.6. The lowest BCUT2D eigenvalue weighted by atomic mass is 9.85. The minimum absolute atomic E-state index is 0.141. The molecule has 1 amide bonds. The Hall–Kier alpha value is -3.12. The second-order valence-electron chi connectivity index (χ2n) is 9.85. The standard InChI is InChI=1S/C28H35N3O3/c1-5-31-13-7-10-22(31)18-29-27(33)20-9-6-8-19(14-20)26(32)16-25-24-15-23(34-4)12-11-21(24)17-28(2,3)30-25/h6,8-9,11-12,14-16,22,30H,5,7,10,13,17-18H2,1-4H3,(H,29,33). The fourth-order valence-electron chi connectivity index (χ4n) is 5.04. The monoisotopic (exact) mass is 461 g/mol. The third kappa shape index (κ3) is 5.33. The van der Waals surface area contributed by atoms with Gasteiger partial charge in [-0.3, -0.25) is 14.5 Å². The Morgan fingerprint density at radius 1 is 1.21 bits per heavy atom. The van der Waals surface area contributed by atoms with Gasteiger partial charge in [0.1, 0.15) is 5.75 Å². The van der Waals surface area contributed by atoms with E-state index >= 15 is 0 Å². The molecule has 1 saturated heterocycles. The molecule has 1 atom stereocenters. The Bertz CT molecular complexity index is 1110. The van der Waals surface area contributed by atoms with Gasteiger partial charge < -0.3 is 15.4 Å². The van der Waals surface area contributed by atoms with Crippen molar-refractivity contribution in [1.82, 2.24) is 15.5 Å². The van der Waals surface area contributed by atoms with Crippen LogP contribution in [0.15, 0.2) is 48.5 Å². The van der Waals surface area contributed by atoms with Crippen molar-refractivity contribution in [2.45, 2.75) is 51.6 Å². The number of carbonyl (C=O) groups excluding carboxylic acids is 2. The maximum Gasteiger partial charge on any atom is 0.251 e. The first-order chi connectivity index (χ1) is 16.3. The number of fused-ring (bicyclic) bond motifs is 1. The number of amides is 1. The van der Waals surface area contributed by atoms with Crippen LogP contribution in [0, 0.1) is 0 Å². The second kappa shape index (κ2) is 10.0. The van der Waals surface area contributed by atoms with Gasteiger partial charge in [-0.15, -0.1) is 0 Å². The number of ether oxygens (including phenoxy) is 1. The van der Waals surface area contributed by atoms with Gasteiger partial charge in [-0.2, -0.15) is 0 Å². The van der Waals surface area contributed by atoms with E-state index in [0.717, 1.165) is 42.9 Å². The number of ketones is 1. The van der Waals surface area contributed by atoms with Gasteiger partial charge in [0, 0.05) is 46.6 Å². The highest BCUT2D eigenvalue weighted by Gasteiger charge is 2.28. The average Bonchev–Trinajstić information content (AvgIpc) is 3.29. The van der Waals surface area contributed by atoms with Gasteiger partial charge in [0.2, 0.25) is 0 Å². The highest BCUT2D eigenvalue weighted by molar-refractivity contribution is 6.10. The van der Waals surface area contributed by atoms with Crippen molar-refractivity contribution in [2.24, 2.45) is 0 Å². The van der Waals surface area contributed by atoms with Crippen molar-refractivity contribution in [3.63, 3.8) is 0 Å². The van der Waals surface area contributed by atoms with E-state index in [2.05, 4.69) is 42.4 Å². The molecule has 2 aromatic carbocycles. The molecule has 4 rings (SSSR count). The van der Waals surface area contributed by atoms with Gasteiger partial charge in [0.25, 0.3) is 5.91 Å². The molecule has 0 bridgehead atoms. The van der Waals surface area contributed by atoms with Crippen LogP contribution >= 0.6 is 0 Å². The summed E-state index contributed by atoms with van der Waals surface area (Å²) < 4.78 is 5.40. The summed E-state index contributed by atoms with van der Waals surface area (Å²) in [5, 5.41) is 6.56. The summed E-state index contributed by atoms with van der Waals surface area (Å²) in [5.74, 6) is 0.468. The molecule has 1 fully saturated rings. The molecule has 34 heavy (non-hydrogen) atoms. The molecule has 2 aliphatic heterocycles. The van der Waals surface area contributed by atoms with Crippen molar-refractivity contribution >= 4 is 17.4 Å². The van der Waals surface area contributed by atoms with Gasteiger partial charge in [0.05, 0.1) is 7.11 Å². The molecular weight excluding hydrogens is 426 g/mol. The minimum Gasteiger partial charge on any atom is -0.497 e. The van der Waals surface area contributed by atoms with Gasteiger partial charge in [0.15, 0.2) is 5.78 Å². The van der Waals surface area contributed by atoms with Gasteiger partial charge in [-0.05, 0) is 76.0 Å². The number of nitrogens with zero attached hydrogens (tertiary/aromatic N) is 1. The normalized spacial score (nSPS) is 20.5. The van der Waals surface area contributed by atoms with Crippen LogP contribution < -0.4 is 15.4 Å². The topological polar surface area (TPSA) is 70.7 Å². The number of rotatable bonds is 7. The third-order valence-corrected chi connectivity index (χ3v) is 6.80. The van der Waals surface area contributed by atoms with E-state index in [1.807, 2.05) is 12.1 Å². The molecule has 0 saturated carbocycles. The molecule has 6 heteroatoms. The average molecular weight is 462 g/mol. The zero-order chi connectivity index (χ0) is 24.3. The minimum atomic E-state index is -0.179. The molecule has 2 aromatic rings. The predicted molar refractivity (Wildman–Crippen MR) is 135 cm³/mol. The van der Waals surface area contributed by atoms with Gasteiger partial charge >= 0.3 is 0 Å². The molecule has 2 heterocycles. The van der Waals surface area contributed by atoms with E-state index in [1.54, 1.807) is 37.5 Å². The lowest BCUT2D eigenvalue weighted by Crippen LogP contribution is -2.43. The van der Waals surface area contributed by atoms with Crippen LogP contribution in [0.4, 0.5) is 0 Å². The number of likely N-dealkylation sites (N-methyl/N-ethyl adjacent to an activating group) is 1. The maximum absolute atomic E-state index is 13.2. The number of likely N-dealkylation sites (tertiary alicyclic amines) is 1. The first kappa shape index (κ1) is 24.0. The van der Waals surface area contributed by atoms with Crippen molar-refractivity contribution in [1.29, 1.82) is 0 Å². The molecule has 2 aliphatic rings. The Morgan fingerprint density at radius 3 is 2.76 bits per heavy atom. The summed E-state index contributed by atoms with van der Waals surface area (Å²) in [6.45, 7) is 9.11. The lowest BCUT2D eigenvalue weighted by Gasteiger charge is -2.35. The van der Waals surface area contributed by atoms with E-state index in [9.17, 15) is 9.59 Å². The van der Waals surface area contributed by atoms with Crippen LogP contribution in [-0.2, 0) is 6.42 Å². The fraction of sp³-hybridized carbons (Fsp3) is 0.429. The molecule has 0 spiro atoms. The van der Waals surface area contributed by atoms with Crippen LogP contribution in [0.25, 0.3) is 5.70 Å². The molecule has 0 aliphatic carbocycles. The summed E-state index contributed by atoms with van der Waals surface area (Å²) in [5.41, 5.74) is 3.73. The van der Waals surface area contributed by atoms with Crippen molar-refractivity contribution in [2.75, 3.05) is 26.7 Å². The Labute approximate surface area is 202 Å². The second-order valence-corrected chi connectivity index (χ2v) is 9.85. The van der Waals surface area contributed by atoms with Crippen LogP contribution in [0.3, 0.4) is 0 Å². The fourth-order valence-corrected chi connectivity index (χ4v) is 5.04. The zero-order valence-corrected chi connectivity index (χ0v) is 20.6. The van der Waals surface area contributed by atoms with E-state index < -0.39 is 0 Å². The summed E-state index contributed by atoms with van der Waals surface area (Å²) in [7, 11) is 1.64. The lowest BCUT2D eigenvalue weighted by molar-refractivity contribution is 0.0941. The number of methoxy groups -OCH3 is 1. The van der Waals surface area contributed by atoms with Gasteiger partial charge in [-0.25, -0.2) is 0 Å². The Morgan fingerprint density at radius 2 is 2.00 bits per heavy atom. The molecule has 0 radical (unpaired) electrons. The molecule has 6 nitrogen and oxygen atoms in total.